The Balaban J connectivity index is 2.07. The van der Waals surface area contributed by atoms with Crippen LogP contribution < -0.4 is 11.1 Å². The highest BCUT2D eigenvalue weighted by Gasteiger charge is 2.33. The molecule has 4 unspecified atom stereocenters. The second-order valence-electron chi connectivity index (χ2n) is 6.33. The average molecular weight is 387 g/mol. The molecule has 8 heteroatoms. The third-order valence-corrected chi connectivity index (χ3v) is 6.46. The molecule has 0 aliphatic carbocycles. The van der Waals surface area contributed by atoms with Crippen LogP contribution in [0.15, 0.2) is 47.4 Å². The minimum Gasteiger partial charge on any atom is -0.480 e. The van der Waals surface area contributed by atoms with Gasteiger partial charge in [0.25, 0.3) is 0 Å². The van der Waals surface area contributed by atoms with Gasteiger partial charge in [0.15, 0.2) is 0 Å². The Bertz CT molecular complexity index is 931. The van der Waals surface area contributed by atoms with E-state index in [9.17, 15) is 19.2 Å². The summed E-state index contributed by atoms with van der Waals surface area (Å²) in [5.41, 5.74) is 8.27. The van der Waals surface area contributed by atoms with Gasteiger partial charge in [-0.3, -0.25) is 19.7 Å². The summed E-state index contributed by atoms with van der Waals surface area (Å²) in [5.74, 6) is -1.19. The van der Waals surface area contributed by atoms with Gasteiger partial charge in [0, 0.05) is 16.0 Å². The molecule has 1 heterocycles. The molecule has 0 saturated carbocycles. The molecule has 0 radical (unpaired) electrons. The number of aliphatic hydroxyl groups is 1. The Kier molecular flexibility index (Phi) is 5.41. The third-order valence-electron chi connectivity index (χ3n) is 4.69. The number of carboxylic acid groups (broad SMARTS) is 1. The van der Waals surface area contributed by atoms with Gasteiger partial charge in [-0.05, 0) is 29.7 Å². The molecule has 6 N–H and O–H groups in total. The lowest BCUT2D eigenvalue weighted by Crippen LogP contribution is -2.25. The topological polar surface area (TPSA) is 136 Å². The predicted octanol–water partition coefficient (Wildman–Crippen LogP) is 1.62. The maximum absolute atomic E-state index is 12.7. The van der Waals surface area contributed by atoms with E-state index >= 15 is 0 Å². The molecule has 3 rings (SSSR count). The lowest BCUT2D eigenvalue weighted by Gasteiger charge is -2.18. The Labute approximate surface area is 159 Å². The van der Waals surface area contributed by atoms with Crippen LogP contribution in [0.4, 0.5) is 0 Å². The average Bonchev–Trinajstić information content (AvgIpc) is 2.98. The van der Waals surface area contributed by atoms with Crippen LogP contribution in [0.2, 0.25) is 0 Å². The monoisotopic (exact) mass is 387 g/mol. The fraction of sp³-hybridized carbons (Fsp3) is 0.263. The number of rotatable bonds is 6. The number of hydrogen-bond acceptors (Lipinski definition) is 5. The zero-order chi connectivity index (χ0) is 19.7. The van der Waals surface area contributed by atoms with E-state index in [4.69, 9.17) is 11.1 Å². The first-order valence-corrected chi connectivity index (χ1v) is 9.71. The van der Waals surface area contributed by atoms with Crippen molar-refractivity contribution >= 4 is 22.6 Å². The fourth-order valence-electron chi connectivity index (χ4n) is 3.35. The maximum atomic E-state index is 12.7. The molecular weight excluding hydrogens is 366 g/mol. The SMILES string of the molecule is CCC(C(=O)O)S(=O)c1ccc2c(c1)C(c1ccccc1C(=N)N)NC2O. The van der Waals surface area contributed by atoms with Crippen LogP contribution >= 0.6 is 0 Å². The van der Waals surface area contributed by atoms with Crippen molar-refractivity contribution < 1.29 is 19.2 Å². The van der Waals surface area contributed by atoms with E-state index in [2.05, 4.69) is 5.32 Å². The van der Waals surface area contributed by atoms with Gasteiger partial charge in [0.2, 0.25) is 0 Å². The van der Waals surface area contributed by atoms with Crippen LogP contribution in [0.25, 0.3) is 0 Å². The summed E-state index contributed by atoms with van der Waals surface area (Å²) in [6.07, 6.45) is -0.676. The largest absolute Gasteiger partial charge is 0.480 e. The molecule has 0 aromatic heterocycles. The zero-order valence-corrected chi connectivity index (χ0v) is 15.5. The predicted molar refractivity (Wildman–Crippen MR) is 102 cm³/mol. The minimum absolute atomic E-state index is 0.0907. The molecule has 0 amide bonds. The van der Waals surface area contributed by atoms with Crippen LogP contribution in [-0.4, -0.2) is 31.5 Å². The number of benzene rings is 2. The van der Waals surface area contributed by atoms with Gasteiger partial charge in [0.1, 0.15) is 17.3 Å². The number of amidine groups is 1. The molecule has 142 valence electrons. The van der Waals surface area contributed by atoms with Crippen LogP contribution in [0.1, 0.15) is 47.9 Å². The molecule has 1 aliphatic rings. The molecule has 0 bridgehead atoms. The highest BCUT2D eigenvalue weighted by Crippen LogP contribution is 2.38. The van der Waals surface area contributed by atoms with Crippen molar-refractivity contribution in [2.24, 2.45) is 5.73 Å². The summed E-state index contributed by atoms with van der Waals surface area (Å²) >= 11 is 0. The minimum atomic E-state index is -1.72. The summed E-state index contributed by atoms with van der Waals surface area (Å²) < 4.78 is 12.7. The van der Waals surface area contributed by atoms with E-state index < -0.39 is 34.3 Å². The van der Waals surface area contributed by atoms with Crippen molar-refractivity contribution in [3.63, 3.8) is 0 Å². The molecule has 27 heavy (non-hydrogen) atoms. The molecule has 4 atom stereocenters. The highest BCUT2D eigenvalue weighted by atomic mass is 32.2. The van der Waals surface area contributed by atoms with Gasteiger partial charge in [-0.1, -0.05) is 37.3 Å². The van der Waals surface area contributed by atoms with Crippen molar-refractivity contribution in [2.75, 3.05) is 0 Å². The number of nitrogens with one attached hydrogen (secondary N) is 2. The van der Waals surface area contributed by atoms with Gasteiger partial charge in [0.05, 0.1) is 16.8 Å². The summed E-state index contributed by atoms with van der Waals surface area (Å²) in [5, 5.41) is 29.5. The van der Waals surface area contributed by atoms with Crippen LogP contribution in [-0.2, 0) is 15.6 Å². The molecule has 2 aromatic rings. The second kappa shape index (κ2) is 7.59. The van der Waals surface area contributed by atoms with Gasteiger partial charge < -0.3 is 15.9 Å². The molecule has 0 fully saturated rings. The Morgan fingerprint density at radius 1 is 1.26 bits per heavy atom. The van der Waals surface area contributed by atoms with E-state index in [1.807, 2.05) is 12.1 Å². The van der Waals surface area contributed by atoms with Gasteiger partial charge in [-0.2, -0.15) is 0 Å². The Morgan fingerprint density at radius 2 is 1.96 bits per heavy atom. The normalized spacial score (nSPS) is 20.7. The summed E-state index contributed by atoms with van der Waals surface area (Å²) in [7, 11) is -1.72. The standard InChI is InChI=1S/C19H21N3O4S/c1-2-15(19(24)25)27(26)10-7-8-13-14(9-10)16(22-18(13)23)11-5-3-4-6-12(11)17(20)21/h3-9,15-16,18,22-23H,2H2,1H3,(H3,20,21)(H,24,25). The smallest absolute Gasteiger partial charge is 0.319 e. The number of nitrogens with two attached hydrogens (primary N) is 1. The van der Waals surface area contributed by atoms with E-state index in [-0.39, 0.29) is 12.3 Å². The van der Waals surface area contributed by atoms with E-state index in [1.54, 1.807) is 37.3 Å². The number of fused-ring (bicyclic) bond motifs is 1. The van der Waals surface area contributed by atoms with Gasteiger partial charge in [-0.15, -0.1) is 0 Å². The summed E-state index contributed by atoms with van der Waals surface area (Å²) in [6.45, 7) is 1.68. The lowest BCUT2D eigenvalue weighted by molar-refractivity contribution is -0.136. The first kappa shape index (κ1) is 19.2. The van der Waals surface area contributed by atoms with Crippen LogP contribution in [0.3, 0.4) is 0 Å². The van der Waals surface area contributed by atoms with Crippen molar-refractivity contribution in [3.05, 3.63) is 64.7 Å². The fourth-order valence-corrected chi connectivity index (χ4v) is 4.61. The van der Waals surface area contributed by atoms with Crippen molar-refractivity contribution in [3.8, 4) is 0 Å². The molecule has 2 aromatic carbocycles. The number of carbonyl (C=O) groups is 1. The lowest BCUT2D eigenvalue weighted by atomic mass is 9.94. The zero-order valence-electron chi connectivity index (χ0n) is 14.7. The molecule has 0 spiro atoms. The Morgan fingerprint density at radius 3 is 2.59 bits per heavy atom. The first-order chi connectivity index (χ1) is 12.8. The van der Waals surface area contributed by atoms with E-state index in [0.29, 0.717) is 21.6 Å². The van der Waals surface area contributed by atoms with Gasteiger partial charge >= 0.3 is 5.97 Å². The number of aliphatic hydroxyl groups excluding tert-OH is 1. The summed E-state index contributed by atoms with van der Waals surface area (Å²) in [6, 6.07) is 11.6. The number of aliphatic carboxylic acids is 1. The maximum Gasteiger partial charge on any atom is 0.319 e. The molecule has 7 nitrogen and oxygen atoms in total. The first-order valence-electron chi connectivity index (χ1n) is 8.49. The van der Waals surface area contributed by atoms with Crippen LogP contribution in [0, 0.1) is 5.41 Å². The molecule has 0 saturated heterocycles. The van der Waals surface area contributed by atoms with Gasteiger partial charge in [-0.25, -0.2) is 0 Å². The summed E-state index contributed by atoms with van der Waals surface area (Å²) in [4.78, 5) is 11.7. The van der Waals surface area contributed by atoms with E-state index in [1.165, 1.54) is 0 Å². The Hall–Kier alpha value is -2.55. The number of carboxylic acids is 1. The van der Waals surface area contributed by atoms with Crippen molar-refractivity contribution in [1.82, 2.24) is 5.32 Å². The third kappa shape index (κ3) is 3.51. The van der Waals surface area contributed by atoms with Crippen molar-refractivity contribution in [1.29, 1.82) is 5.41 Å². The van der Waals surface area contributed by atoms with Crippen molar-refractivity contribution in [2.45, 2.75) is 35.8 Å². The van der Waals surface area contributed by atoms with E-state index in [0.717, 1.165) is 5.56 Å². The number of hydrogen-bond donors (Lipinski definition) is 5. The molecular formula is C19H21N3O4S. The molecule has 1 aliphatic heterocycles. The number of nitrogen functional groups attached to an aromatic ring is 1. The van der Waals surface area contributed by atoms with Crippen LogP contribution in [0.5, 0.6) is 0 Å². The quantitative estimate of drug-likeness (QED) is 0.377. The second-order valence-corrected chi connectivity index (χ2v) is 7.96. The highest BCUT2D eigenvalue weighted by molar-refractivity contribution is 7.86.